The van der Waals surface area contributed by atoms with Gasteiger partial charge in [-0.2, -0.15) is 0 Å². The van der Waals surface area contributed by atoms with Crippen LogP contribution in [-0.4, -0.2) is 7.05 Å². The number of benzene rings is 1. The lowest BCUT2D eigenvalue weighted by molar-refractivity contribution is 1.36. The van der Waals surface area contributed by atoms with Gasteiger partial charge in [0.2, 0.25) is 0 Å². The predicted molar refractivity (Wildman–Crippen MR) is 48.5 cm³/mol. The SMILES string of the molecule is Cc1ccc(N(C)Br)cc1. The largest absolute Gasteiger partial charge is 0.312 e. The standard InChI is InChI=1S/C8H10BrN/c1-7-3-5-8(6-4-7)10(2)9/h3-6H,1-2H3. The van der Waals surface area contributed by atoms with Crippen molar-refractivity contribution >= 4 is 21.8 Å². The third-order valence-electron chi connectivity index (χ3n) is 1.39. The first-order chi connectivity index (χ1) is 4.70. The van der Waals surface area contributed by atoms with Crippen LogP contribution in [0.3, 0.4) is 0 Å². The number of rotatable bonds is 1. The van der Waals surface area contributed by atoms with Crippen LogP contribution in [0.5, 0.6) is 0 Å². The Balaban J connectivity index is 2.89. The Hall–Kier alpha value is -0.500. The first kappa shape index (κ1) is 7.61. The molecule has 0 aliphatic rings. The fourth-order valence-electron chi connectivity index (χ4n) is 0.750. The first-order valence-electron chi connectivity index (χ1n) is 3.16. The molecule has 0 heterocycles. The first-order valence-corrected chi connectivity index (χ1v) is 3.87. The monoisotopic (exact) mass is 199 g/mol. The summed E-state index contributed by atoms with van der Waals surface area (Å²) >= 11 is 3.34. The second-order valence-electron chi connectivity index (χ2n) is 2.31. The number of hydrogen-bond donors (Lipinski definition) is 0. The summed E-state index contributed by atoms with van der Waals surface area (Å²) in [7, 11) is 1.96. The van der Waals surface area contributed by atoms with Crippen LogP contribution >= 0.6 is 16.1 Å². The van der Waals surface area contributed by atoms with Gasteiger partial charge in [0.15, 0.2) is 0 Å². The van der Waals surface area contributed by atoms with Crippen LogP contribution in [0.25, 0.3) is 0 Å². The van der Waals surface area contributed by atoms with Crippen molar-refractivity contribution in [3.05, 3.63) is 29.8 Å². The summed E-state index contributed by atoms with van der Waals surface area (Å²) in [5.41, 5.74) is 2.46. The molecule has 1 aromatic carbocycles. The van der Waals surface area contributed by atoms with E-state index >= 15 is 0 Å². The van der Waals surface area contributed by atoms with Gasteiger partial charge in [0.1, 0.15) is 0 Å². The Labute approximate surface area is 70.0 Å². The van der Waals surface area contributed by atoms with Crippen LogP contribution in [0.1, 0.15) is 5.56 Å². The molecule has 0 fully saturated rings. The van der Waals surface area contributed by atoms with Crippen molar-refractivity contribution in [2.45, 2.75) is 6.92 Å². The maximum Gasteiger partial charge on any atom is 0.0493 e. The molecule has 0 atom stereocenters. The van der Waals surface area contributed by atoms with Crippen molar-refractivity contribution in [1.29, 1.82) is 0 Å². The molecular weight excluding hydrogens is 190 g/mol. The Morgan fingerprint density at radius 1 is 1.20 bits per heavy atom. The summed E-state index contributed by atoms with van der Waals surface area (Å²) in [6, 6.07) is 8.33. The van der Waals surface area contributed by atoms with Crippen molar-refractivity contribution in [2.75, 3.05) is 11.0 Å². The van der Waals surface area contributed by atoms with Crippen molar-refractivity contribution in [1.82, 2.24) is 0 Å². The third kappa shape index (κ3) is 1.74. The van der Waals surface area contributed by atoms with Crippen LogP contribution < -0.4 is 3.93 Å². The van der Waals surface area contributed by atoms with Gasteiger partial charge < -0.3 is 3.93 Å². The molecule has 0 N–H and O–H groups in total. The van der Waals surface area contributed by atoms with Crippen LogP contribution in [0, 0.1) is 6.92 Å². The summed E-state index contributed by atoms with van der Waals surface area (Å²) in [5, 5.41) is 0. The van der Waals surface area contributed by atoms with Crippen molar-refractivity contribution in [2.24, 2.45) is 0 Å². The lowest BCUT2D eigenvalue weighted by Gasteiger charge is -2.08. The topological polar surface area (TPSA) is 3.24 Å². The molecule has 0 aliphatic heterocycles. The minimum Gasteiger partial charge on any atom is -0.312 e. The maximum absolute atomic E-state index is 3.34. The van der Waals surface area contributed by atoms with Gasteiger partial charge in [0.05, 0.1) is 0 Å². The molecule has 1 rings (SSSR count). The van der Waals surface area contributed by atoms with Crippen LogP contribution in [0.15, 0.2) is 24.3 Å². The summed E-state index contributed by atoms with van der Waals surface area (Å²) in [6.45, 7) is 2.08. The molecule has 0 unspecified atom stereocenters. The quantitative estimate of drug-likeness (QED) is 0.630. The van der Waals surface area contributed by atoms with Crippen LogP contribution in [-0.2, 0) is 0 Å². The molecule has 0 aliphatic carbocycles. The van der Waals surface area contributed by atoms with Crippen molar-refractivity contribution in [3.8, 4) is 0 Å². The summed E-state index contributed by atoms with van der Waals surface area (Å²) < 4.78 is 1.91. The van der Waals surface area contributed by atoms with E-state index in [-0.39, 0.29) is 0 Å². The van der Waals surface area contributed by atoms with Gasteiger partial charge in [-0.25, -0.2) is 0 Å². The average Bonchev–Trinajstić information content (AvgIpc) is 1.88. The fourth-order valence-corrected chi connectivity index (χ4v) is 0.987. The fraction of sp³-hybridized carbons (Fsp3) is 0.250. The van der Waals surface area contributed by atoms with E-state index in [1.807, 2.05) is 11.0 Å². The van der Waals surface area contributed by atoms with Gasteiger partial charge in [0.25, 0.3) is 0 Å². The van der Waals surface area contributed by atoms with Crippen molar-refractivity contribution < 1.29 is 0 Å². The highest BCUT2D eigenvalue weighted by atomic mass is 79.9. The van der Waals surface area contributed by atoms with E-state index in [4.69, 9.17) is 0 Å². The summed E-state index contributed by atoms with van der Waals surface area (Å²) in [6.07, 6.45) is 0. The minimum atomic E-state index is 1.17. The second-order valence-corrected chi connectivity index (χ2v) is 3.38. The highest BCUT2D eigenvalue weighted by Crippen LogP contribution is 2.15. The van der Waals surface area contributed by atoms with E-state index in [9.17, 15) is 0 Å². The average molecular weight is 200 g/mol. The molecule has 0 saturated carbocycles. The Morgan fingerprint density at radius 2 is 1.70 bits per heavy atom. The normalized spacial score (nSPS) is 9.50. The zero-order chi connectivity index (χ0) is 7.56. The molecule has 0 radical (unpaired) electrons. The molecule has 1 nitrogen and oxygen atoms in total. The van der Waals surface area contributed by atoms with E-state index in [0.717, 1.165) is 0 Å². The Morgan fingerprint density at radius 3 is 2.10 bits per heavy atom. The van der Waals surface area contributed by atoms with E-state index in [1.54, 1.807) is 0 Å². The number of anilines is 1. The number of hydrogen-bond acceptors (Lipinski definition) is 1. The van der Waals surface area contributed by atoms with Gasteiger partial charge in [-0.3, -0.25) is 0 Å². The third-order valence-corrected chi connectivity index (χ3v) is 1.80. The minimum absolute atomic E-state index is 1.17. The highest BCUT2D eigenvalue weighted by Gasteiger charge is 1.92. The van der Waals surface area contributed by atoms with E-state index in [0.29, 0.717) is 0 Å². The molecule has 2 heteroatoms. The molecule has 0 amide bonds. The molecular formula is C8H10BrN. The smallest absolute Gasteiger partial charge is 0.0493 e. The van der Waals surface area contributed by atoms with Gasteiger partial charge in [-0.15, -0.1) is 0 Å². The lowest BCUT2D eigenvalue weighted by atomic mass is 10.2. The van der Waals surface area contributed by atoms with Crippen molar-refractivity contribution in [3.63, 3.8) is 0 Å². The molecule has 0 bridgehead atoms. The molecule has 0 spiro atoms. The highest BCUT2D eigenvalue weighted by molar-refractivity contribution is 9.10. The molecule has 0 aromatic heterocycles. The number of nitrogens with zero attached hydrogens (tertiary/aromatic N) is 1. The zero-order valence-corrected chi connectivity index (χ0v) is 7.72. The van der Waals surface area contributed by atoms with E-state index in [2.05, 4.69) is 47.3 Å². The summed E-state index contributed by atoms with van der Waals surface area (Å²) in [5.74, 6) is 0. The lowest BCUT2D eigenvalue weighted by Crippen LogP contribution is -1.98. The molecule has 10 heavy (non-hydrogen) atoms. The molecule has 1 aromatic rings. The Bertz CT molecular complexity index is 203. The second kappa shape index (κ2) is 3.06. The molecule has 0 saturated heterocycles. The van der Waals surface area contributed by atoms with E-state index < -0.39 is 0 Å². The maximum atomic E-state index is 3.34. The van der Waals surface area contributed by atoms with Crippen LogP contribution in [0.2, 0.25) is 0 Å². The van der Waals surface area contributed by atoms with Gasteiger partial charge in [-0.1, -0.05) is 17.7 Å². The number of aryl methyl sites for hydroxylation is 1. The number of halogens is 1. The summed E-state index contributed by atoms with van der Waals surface area (Å²) in [4.78, 5) is 0. The Kier molecular flexibility index (Phi) is 2.33. The van der Waals surface area contributed by atoms with Gasteiger partial charge in [0, 0.05) is 28.9 Å². The van der Waals surface area contributed by atoms with Crippen LogP contribution in [0.4, 0.5) is 5.69 Å². The molecule has 54 valence electrons. The van der Waals surface area contributed by atoms with Gasteiger partial charge >= 0.3 is 0 Å². The zero-order valence-electron chi connectivity index (χ0n) is 6.13. The predicted octanol–water partition coefficient (Wildman–Crippen LogP) is 2.74. The van der Waals surface area contributed by atoms with E-state index in [1.165, 1.54) is 11.3 Å². The van der Waals surface area contributed by atoms with Gasteiger partial charge in [-0.05, 0) is 19.1 Å².